The van der Waals surface area contributed by atoms with Crippen molar-refractivity contribution < 1.29 is 0 Å². The van der Waals surface area contributed by atoms with Crippen molar-refractivity contribution in [1.29, 1.82) is 0 Å². The standard InChI is InChI=1S/C10H14/c1-8-6-7-9-4-2-3-5-10(8)9/h3,5,8H,2,4,6-7H2,1H3. The van der Waals surface area contributed by atoms with Gasteiger partial charge in [0.25, 0.3) is 0 Å². The van der Waals surface area contributed by atoms with Crippen LogP contribution >= 0.6 is 0 Å². The van der Waals surface area contributed by atoms with Gasteiger partial charge in [0.15, 0.2) is 0 Å². The van der Waals surface area contributed by atoms with Gasteiger partial charge in [0.1, 0.15) is 0 Å². The van der Waals surface area contributed by atoms with Gasteiger partial charge >= 0.3 is 0 Å². The first kappa shape index (κ1) is 6.21. The zero-order valence-electron chi connectivity index (χ0n) is 6.56. The molecule has 0 heteroatoms. The van der Waals surface area contributed by atoms with E-state index in [4.69, 9.17) is 0 Å². The maximum atomic E-state index is 2.35. The second kappa shape index (κ2) is 2.26. The second-order valence-electron chi connectivity index (χ2n) is 3.44. The van der Waals surface area contributed by atoms with Gasteiger partial charge in [-0.15, -0.1) is 0 Å². The monoisotopic (exact) mass is 134 g/mol. The molecule has 0 aromatic rings. The predicted octanol–water partition coefficient (Wildman–Crippen LogP) is 3.06. The minimum Gasteiger partial charge on any atom is -0.0839 e. The van der Waals surface area contributed by atoms with E-state index in [0.29, 0.717) is 0 Å². The molecule has 2 aliphatic carbocycles. The van der Waals surface area contributed by atoms with Crippen LogP contribution in [0.25, 0.3) is 0 Å². The molecule has 54 valence electrons. The van der Waals surface area contributed by atoms with E-state index < -0.39 is 0 Å². The quantitative estimate of drug-likeness (QED) is 0.477. The van der Waals surface area contributed by atoms with Crippen molar-refractivity contribution >= 4 is 0 Å². The van der Waals surface area contributed by atoms with E-state index in [0.717, 1.165) is 5.92 Å². The van der Waals surface area contributed by atoms with Gasteiger partial charge < -0.3 is 0 Å². The maximum Gasteiger partial charge on any atom is -0.0188 e. The SMILES string of the molecule is CC1CCC2=C1C=CCC2. The third-order valence-electron chi connectivity index (χ3n) is 2.73. The molecule has 0 nitrogen and oxygen atoms in total. The Morgan fingerprint density at radius 1 is 1.40 bits per heavy atom. The molecule has 1 unspecified atom stereocenters. The molecule has 0 aromatic carbocycles. The topological polar surface area (TPSA) is 0 Å². The zero-order chi connectivity index (χ0) is 6.97. The second-order valence-corrected chi connectivity index (χ2v) is 3.44. The highest BCUT2D eigenvalue weighted by Gasteiger charge is 2.20. The fraction of sp³-hybridized carbons (Fsp3) is 0.600. The normalized spacial score (nSPS) is 31.1. The molecule has 2 rings (SSSR count). The molecule has 0 aliphatic heterocycles. The van der Waals surface area contributed by atoms with Crippen LogP contribution in [0.15, 0.2) is 23.3 Å². The van der Waals surface area contributed by atoms with Crippen LogP contribution in [0.1, 0.15) is 32.6 Å². The van der Waals surface area contributed by atoms with Crippen LogP contribution in [-0.2, 0) is 0 Å². The van der Waals surface area contributed by atoms with E-state index >= 15 is 0 Å². The molecule has 10 heavy (non-hydrogen) atoms. The molecular formula is C10H14. The van der Waals surface area contributed by atoms with E-state index in [2.05, 4.69) is 19.1 Å². The van der Waals surface area contributed by atoms with Gasteiger partial charge in [0.05, 0.1) is 0 Å². The van der Waals surface area contributed by atoms with Gasteiger partial charge in [-0.25, -0.2) is 0 Å². The summed E-state index contributed by atoms with van der Waals surface area (Å²) < 4.78 is 0. The lowest BCUT2D eigenvalue weighted by Gasteiger charge is -2.09. The van der Waals surface area contributed by atoms with E-state index in [1.54, 1.807) is 11.1 Å². The summed E-state index contributed by atoms with van der Waals surface area (Å²) in [5.74, 6) is 0.853. The Labute approximate surface area is 62.6 Å². The van der Waals surface area contributed by atoms with Crippen molar-refractivity contribution in [2.24, 2.45) is 5.92 Å². The Kier molecular flexibility index (Phi) is 1.40. The molecule has 0 aromatic heterocycles. The lowest BCUT2D eigenvalue weighted by atomic mass is 9.96. The van der Waals surface area contributed by atoms with Gasteiger partial charge in [-0.2, -0.15) is 0 Å². The third-order valence-corrected chi connectivity index (χ3v) is 2.73. The molecule has 2 aliphatic rings. The summed E-state index contributed by atoms with van der Waals surface area (Å²) in [6.07, 6.45) is 10.1. The summed E-state index contributed by atoms with van der Waals surface area (Å²) in [4.78, 5) is 0. The first-order valence-corrected chi connectivity index (χ1v) is 4.26. The number of allylic oxidation sites excluding steroid dienone is 4. The van der Waals surface area contributed by atoms with E-state index in [-0.39, 0.29) is 0 Å². The average molecular weight is 134 g/mol. The summed E-state index contributed by atoms with van der Waals surface area (Å²) >= 11 is 0. The summed E-state index contributed by atoms with van der Waals surface area (Å²) in [5.41, 5.74) is 3.40. The lowest BCUT2D eigenvalue weighted by molar-refractivity contribution is 0.679. The van der Waals surface area contributed by atoms with Crippen molar-refractivity contribution in [2.75, 3.05) is 0 Å². The van der Waals surface area contributed by atoms with E-state index in [1.807, 2.05) is 0 Å². The Balaban J connectivity index is 2.30. The van der Waals surface area contributed by atoms with Crippen LogP contribution in [0.3, 0.4) is 0 Å². The molecule has 0 fully saturated rings. The van der Waals surface area contributed by atoms with Crippen LogP contribution < -0.4 is 0 Å². The van der Waals surface area contributed by atoms with Crippen molar-refractivity contribution in [3.8, 4) is 0 Å². The highest BCUT2D eigenvalue weighted by atomic mass is 14.3. The van der Waals surface area contributed by atoms with Gasteiger partial charge in [0, 0.05) is 0 Å². The molecule has 0 N–H and O–H groups in total. The molecule has 0 amide bonds. The molecule has 0 saturated carbocycles. The summed E-state index contributed by atoms with van der Waals surface area (Å²) in [7, 11) is 0. The molecule has 1 atom stereocenters. The van der Waals surface area contributed by atoms with Crippen molar-refractivity contribution in [2.45, 2.75) is 32.6 Å². The summed E-state index contributed by atoms with van der Waals surface area (Å²) in [5, 5.41) is 0. The molecule has 0 saturated heterocycles. The Bertz CT molecular complexity index is 196. The minimum absolute atomic E-state index is 0.853. The van der Waals surface area contributed by atoms with Crippen LogP contribution in [0.2, 0.25) is 0 Å². The van der Waals surface area contributed by atoms with E-state index in [9.17, 15) is 0 Å². The minimum atomic E-state index is 0.853. The van der Waals surface area contributed by atoms with Crippen LogP contribution in [-0.4, -0.2) is 0 Å². The smallest absolute Gasteiger partial charge is 0.0188 e. The first-order chi connectivity index (χ1) is 4.88. The fourth-order valence-electron chi connectivity index (χ4n) is 2.06. The predicted molar refractivity (Wildman–Crippen MR) is 43.8 cm³/mol. The van der Waals surface area contributed by atoms with Gasteiger partial charge in [0.2, 0.25) is 0 Å². The molecule has 0 spiro atoms. The number of hydrogen-bond donors (Lipinski definition) is 0. The summed E-state index contributed by atoms with van der Waals surface area (Å²) in [6.45, 7) is 2.35. The third kappa shape index (κ3) is 0.828. The first-order valence-electron chi connectivity index (χ1n) is 4.26. The fourth-order valence-corrected chi connectivity index (χ4v) is 2.06. The number of rotatable bonds is 0. The Morgan fingerprint density at radius 3 is 3.10 bits per heavy atom. The van der Waals surface area contributed by atoms with Crippen LogP contribution in [0.4, 0.5) is 0 Å². The van der Waals surface area contributed by atoms with Gasteiger partial charge in [-0.05, 0) is 37.2 Å². The molecule has 0 bridgehead atoms. The largest absolute Gasteiger partial charge is 0.0839 e. The van der Waals surface area contributed by atoms with Crippen molar-refractivity contribution in [1.82, 2.24) is 0 Å². The summed E-state index contributed by atoms with van der Waals surface area (Å²) in [6, 6.07) is 0. The van der Waals surface area contributed by atoms with Crippen molar-refractivity contribution in [3.05, 3.63) is 23.3 Å². The van der Waals surface area contributed by atoms with Crippen LogP contribution in [0.5, 0.6) is 0 Å². The van der Waals surface area contributed by atoms with Crippen molar-refractivity contribution in [3.63, 3.8) is 0 Å². The van der Waals surface area contributed by atoms with Gasteiger partial charge in [-0.1, -0.05) is 24.6 Å². The molecule has 0 radical (unpaired) electrons. The Hall–Kier alpha value is -0.520. The highest BCUT2D eigenvalue weighted by Crippen LogP contribution is 2.37. The average Bonchev–Trinajstić information content (AvgIpc) is 2.34. The molecule has 0 heterocycles. The van der Waals surface area contributed by atoms with E-state index in [1.165, 1.54) is 25.7 Å². The zero-order valence-corrected chi connectivity index (χ0v) is 6.56. The molecular weight excluding hydrogens is 120 g/mol. The van der Waals surface area contributed by atoms with Crippen LogP contribution in [0, 0.1) is 5.92 Å². The maximum absolute atomic E-state index is 2.35. The number of hydrogen-bond acceptors (Lipinski definition) is 0. The lowest BCUT2D eigenvalue weighted by Crippen LogP contribution is -1.93. The Morgan fingerprint density at radius 2 is 2.30 bits per heavy atom. The van der Waals surface area contributed by atoms with Gasteiger partial charge in [-0.3, -0.25) is 0 Å². The highest BCUT2D eigenvalue weighted by molar-refractivity contribution is 5.34.